The number of para-hydroxylation sites is 1. The molecule has 0 radical (unpaired) electrons. The molecule has 0 aliphatic carbocycles. The van der Waals surface area contributed by atoms with Crippen molar-refractivity contribution in [3.8, 4) is 17.2 Å². The lowest BCUT2D eigenvalue weighted by Crippen LogP contribution is -2.00. The number of hydrogen-bond donors (Lipinski definition) is 0. The van der Waals surface area contributed by atoms with Crippen LogP contribution in [0.1, 0.15) is 11.4 Å². The summed E-state index contributed by atoms with van der Waals surface area (Å²) in [5.41, 5.74) is 4.16. The van der Waals surface area contributed by atoms with E-state index >= 15 is 0 Å². The number of benzene rings is 2. The van der Waals surface area contributed by atoms with Crippen LogP contribution in [-0.2, 0) is 5.88 Å². The zero-order chi connectivity index (χ0) is 14.4. The van der Waals surface area contributed by atoms with Gasteiger partial charge in [-0.2, -0.15) is 0 Å². The first kappa shape index (κ1) is 12.5. The van der Waals surface area contributed by atoms with Crippen molar-refractivity contribution in [1.82, 2.24) is 9.55 Å². The number of alkyl halides is 1. The minimum atomic E-state index is 0.269. The van der Waals surface area contributed by atoms with Crippen LogP contribution in [0.4, 0.5) is 0 Å². The van der Waals surface area contributed by atoms with Gasteiger partial charge in [0.1, 0.15) is 5.82 Å². The lowest BCUT2D eigenvalue weighted by atomic mass is 10.2. The number of rotatable bonds is 2. The molecule has 1 aliphatic heterocycles. The normalized spacial score (nSPS) is 13.0. The second-order valence-corrected chi connectivity index (χ2v) is 5.24. The molecule has 106 valence electrons. The molecule has 5 heteroatoms. The maximum absolute atomic E-state index is 6.08. The highest BCUT2D eigenvalue weighted by Gasteiger charge is 2.18. The Morgan fingerprint density at radius 1 is 1.19 bits per heavy atom. The van der Waals surface area contributed by atoms with Crippen LogP contribution in [0.25, 0.3) is 16.7 Å². The first-order valence-corrected chi connectivity index (χ1v) is 7.24. The van der Waals surface area contributed by atoms with Gasteiger partial charge in [-0.25, -0.2) is 4.98 Å². The molecule has 2 heterocycles. The monoisotopic (exact) mass is 300 g/mol. The highest BCUT2D eigenvalue weighted by Crippen LogP contribution is 2.35. The number of hydrogen-bond acceptors (Lipinski definition) is 3. The van der Waals surface area contributed by atoms with Crippen LogP contribution < -0.4 is 9.47 Å². The van der Waals surface area contributed by atoms with Crippen molar-refractivity contribution >= 4 is 22.6 Å². The molecule has 1 aliphatic rings. The van der Waals surface area contributed by atoms with Gasteiger partial charge in [-0.1, -0.05) is 12.1 Å². The third-order valence-corrected chi connectivity index (χ3v) is 3.92. The molecule has 0 unspecified atom stereocenters. The Morgan fingerprint density at radius 3 is 2.90 bits per heavy atom. The van der Waals surface area contributed by atoms with E-state index in [4.69, 9.17) is 21.1 Å². The molecule has 4 rings (SSSR count). The first-order chi connectivity index (χ1) is 10.3. The van der Waals surface area contributed by atoms with Gasteiger partial charge in [0.15, 0.2) is 11.5 Å². The molecule has 0 atom stereocenters. The smallest absolute Gasteiger partial charge is 0.231 e. The molecule has 21 heavy (non-hydrogen) atoms. The molecule has 2 aromatic carbocycles. The van der Waals surface area contributed by atoms with Gasteiger partial charge in [-0.05, 0) is 30.7 Å². The first-order valence-electron chi connectivity index (χ1n) is 6.71. The molecular formula is C16H13ClN2O2. The Balaban J connectivity index is 2.01. The van der Waals surface area contributed by atoms with Crippen LogP contribution in [0, 0.1) is 6.92 Å². The topological polar surface area (TPSA) is 36.3 Å². The van der Waals surface area contributed by atoms with Gasteiger partial charge < -0.3 is 9.47 Å². The van der Waals surface area contributed by atoms with Crippen LogP contribution >= 0.6 is 11.6 Å². The number of halogens is 1. The molecule has 0 saturated heterocycles. The molecule has 0 N–H and O–H groups in total. The summed E-state index contributed by atoms with van der Waals surface area (Å²) in [5, 5.41) is 0. The van der Waals surface area contributed by atoms with Crippen LogP contribution in [0.3, 0.4) is 0 Å². The average molecular weight is 301 g/mol. The van der Waals surface area contributed by atoms with Crippen LogP contribution in [0.15, 0.2) is 36.4 Å². The van der Waals surface area contributed by atoms with Crippen molar-refractivity contribution in [2.24, 2.45) is 0 Å². The standard InChI is InChI=1S/C16H13ClN2O2/c1-10-3-2-4-12-16(10)19(15(8-17)18-12)11-5-6-13-14(7-11)21-9-20-13/h2-7H,8-9H2,1H3. The number of nitrogens with zero attached hydrogens (tertiary/aromatic N) is 2. The number of aryl methyl sites for hydroxylation is 1. The third-order valence-electron chi connectivity index (χ3n) is 3.68. The van der Waals surface area contributed by atoms with E-state index in [0.717, 1.165) is 39.6 Å². The van der Waals surface area contributed by atoms with Crippen molar-refractivity contribution in [3.63, 3.8) is 0 Å². The molecule has 0 saturated carbocycles. The Kier molecular flexibility index (Phi) is 2.79. The zero-order valence-corrected chi connectivity index (χ0v) is 12.2. The second-order valence-electron chi connectivity index (χ2n) is 4.98. The van der Waals surface area contributed by atoms with Crippen molar-refractivity contribution in [2.75, 3.05) is 6.79 Å². The molecule has 4 nitrogen and oxygen atoms in total. The second kappa shape index (κ2) is 4.67. The van der Waals surface area contributed by atoms with Gasteiger partial charge in [0, 0.05) is 6.07 Å². The van der Waals surface area contributed by atoms with E-state index in [9.17, 15) is 0 Å². The SMILES string of the molecule is Cc1cccc2nc(CCl)n(-c3ccc4c(c3)OCO4)c12. The van der Waals surface area contributed by atoms with E-state index in [1.165, 1.54) is 0 Å². The highest BCUT2D eigenvalue weighted by atomic mass is 35.5. The Hall–Kier alpha value is -2.20. The average Bonchev–Trinajstić information content (AvgIpc) is 3.10. The van der Waals surface area contributed by atoms with Crippen molar-refractivity contribution in [1.29, 1.82) is 0 Å². The zero-order valence-electron chi connectivity index (χ0n) is 11.5. The maximum atomic E-state index is 6.08. The summed E-state index contributed by atoms with van der Waals surface area (Å²) < 4.78 is 12.9. The van der Waals surface area contributed by atoms with E-state index in [1.807, 2.05) is 30.3 Å². The van der Waals surface area contributed by atoms with Crippen LogP contribution in [0.2, 0.25) is 0 Å². The fourth-order valence-electron chi connectivity index (χ4n) is 2.73. The van der Waals surface area contributed by atoms with Crippen LogP contribution in [-0.4, -0.2) is 16.3 Å². The fraction of sp³-hybridized carbons (Fsp3) is 0.188. The fourth-order valence-corrected chi connectivity index (χ4v) is 2.91. The molecule has 0 amide bonds. The lowest BCUT2D eigenvalue weighted by Gasteiger charge is -2.10. The van der Waals surface area contributed by atoms with Gasteiger partial charge in [-0.15, -0.1) is 11.6 Å². The predicted molar refractivity (Wildman–Crippen MR) is 81.5 cm³/mol. The van der Waals surface area contributed by atoms with Crippen LogP contribution in [0.5, 0.6) is 11.5 Å². The molecule has 3 aromatic rings. The summed E-state index contributed by atoms with van der Waals surface area (Å²) in [6.07, 6.45) is 0. The van der Waals surface area contributed by atoms with Crippen molar-refractivity contribution < 1.29 is 9.47 Å². The third kappa shape index (κ3) is 1.87. The number of imidazole rings is 1. The number of ether oxygens (including phenoxy) is 2. The molecule has 1 aromatic heterocycles. The lowest BCUT2D eigenvalue weighted by molar-refractivity contribution is 0.174. The van der Waals surface area contributed by atoms with Gasteiger partial charge in [0.25, 0.3) is 0 Å². The Labute approximate surface area is 126 Å². The number of aromatic nitrogens is 2. The van der Waals surface area contributed by atoms with Crippen molar-refractivity contribution in [2.45, 2.75) is 12.8 Å². The van der Waals surface area contributed by atoms with Gasteiger partial charge >= 0.3 is 0 Å². The maximum Gasteiger partial charge on any atom is 0.231 e. The minimum absolute atomic E-state index is 0.269. The summed E-state index contributed by atoms with van der Waals surface area (Å²) in [6.45, 7) is 2.34. The summed E-state index contributed by atoms with van der Waals surface area (Å²) in [7, 11) is 0. The van der Waals surface area contributed by atoms with E-state index < -0.39 is 0 Å². The Bertz CT molecular complexity index is 842. The van der Waals surface area contributed by atoms with Crippen molar-refractivity contribution in [3.05, 3.63) is 47.8 Å². The van der Waals surface area contributed by atoms with E-state index in [1.54, 1.807) is 0 Å². The predicted octanol–water partition coefficient (Wildman–Crippen LogP) is 3.80. The quantitative estimate of drug-likeness (QED) is 0.675. The van der Waals surface area contributed by atoms with E-state index in [-0.39, 0.29) is 6.79 Å². The number of fused-ring (bicyclic) bond motifs is 2. The summed E-state index contributed by atoms with van der Waals surface area (Å²) >= 11 is 6.08. The molecular weight excluding hydrogens is 288 g/mol. The Morgan fingerprint density at radius 2 is 2.05 bits per heavy atom. The van der Waals surface area contributed by atoms with E-state index in [0.29, 0.717) is 5.88 Å². The largest absolute Gasteiger partial charge is 0.454 e. The molecule has 0 spiro atoms. The van der Waals surface area contributed by atoms with E-state index in [2.05, 4.69) is 22.5 Å². The summed E-state index contributed by atoms with van der Waals surface area (Å²) in [5.74, 6) is 2.69. The van der Waals surface area contributed by atoms with Gasteiger partial charge in [-0.3, -0.25) is 4.57 Å². The molecule has 0 bridgehead atoms. The summed E-state index contributed by atoms with van der Waals surface area (Å²) in [6, 6.07) is 12.0. The van der Waals surface area contributed by atoms with Gasteiger partial charge in [0.05, 0.1) is 22.6 Å². The minimum Gasteiger partial charge on any atom is -0.454 e. The van der Waals surface area contributed by atoms with Gasteiger partial charge in [0.2, 0.25) is 6.79 Å². The highest BCUT2D eigenvalue weighted by molar-refractivity contribution is 6.17. The molecule has 0 fully saturated rings. The summed E-state index contributed by atoms with van der Waals surface area (Å²) in [4.78, 5) is 4.62.